The van der Waals surface area contributed by atoms with Gasteiger partial charge in [0.25, 0.3) is 0 Å². The summed E-state index contributed by atoms with van der Waals surface area (Å²) in [5.74, 6) is 0.158. The molecule has 1 N–H and O–H groups in total. The second-order valence-electron chi connectivity index (χ2n) is 4.83. The maximum Gasteiger partial charge on any atom is 0.0862 e. The molecule has 1 unspecified atom stereocenters. The molecule has 1 aliphatic carbocycles. The Morgan fingerprint density at radius 3 is 2.21 bits per heavy atom. The molecule has 0 bridgehead atoms. The molecule has 80 valence electrons. The van der Waals surface area contributed by atoms with Gasteiger partial charge >= 0.3 is 0 Å². The highest BCUT2D eigenvalue weighted by atomic mass is 16.3. The Balaban J connectivity index is 3.02. The normalized spacial score (nSPS) is 24.6. The molecule has 1 aliphatic rings. The molecular weight excluding hydrogens is 174 g/mol. The van der Waals surface area contributed by atoms with Crippen LogP contribution in [0.25, 0.3) is 0 Å². The number of hydrogen-bond donors (Lipinski definition) is 1. The van der Waals surface area contributed by atoms with E-state index in [-0.39, 0.29) is 5.92 Å². The van der Waals surface area contributed by atoms with Gasteiger partial charge in [0.1, 0.15) is 0 Å². The fraction of sp³-hybridized carbons (Fsp3) is 0.917. The van der Waals surface area contributed by atoms with Gasteiger partial charge < -0.3 is 5.11 Å². The van der Waals surface area contributed by atoms with Crippen molar-refractivity contribution in [2.45, 2.75) is 58.5 Å². The molecule has 0 amide bonds. The van der Waals surface area contributed by atoms with Crippen LogP contribution in [0.2, 0.25) is 0 Å². The molecule has 0 aromatic rings. The van der Waals surface area contributed by atoms with E-state index in [1.807, 2.05) is 20.8 Å². The third-order valence-electron chi connectivity index (χ3n) is 3.99. The summed E-state index contributed by atoms with van der Waals surface area (Å²) in [7, 11) is 0. The molecule has 1 fully saturated rings. The summed E-state index contributed by atoms with van der Waals surface area (Å²) in [6, 6.07) is 2.40. The minimum Gasteiger partial charge on any atom is -0.388 e. The largest absolute Gasteiger partial charge is 0.388 e. The molecule has 0 aromatic heterocycles. The lowest BCUT2D eigenvalue weighted by Crippen LogP contribution is -2.49. The predicted molar refractivity (Wildman–Crippen MR) is 56.6 cm³/mol. The van der Waals surface area contributed by atoms with Gasteiger partial charge in [-0.2, -0.15) is 5.26 Å². The summed E-state index contributed by atoms with van der Waals surface area (Å²) in [4.78, 5) is 0. The SMILES string of the molecule is CCC(O)(C(C)C)C1(C#N)CCCC1. The predicted octanol–water partition coefficient (Wildman–Crippen LogP) is 2.87. The molecule has 2 nitrogen and oxygen atoms in total. The van der Waals surface area contributed by atoms with Crippen LogP contribution in [0.4, 0.5) is 0 Å². The van der Waals surface area contributed by atoms with Crippen molar-refractivity contribution in [3.05, 3.63) is 0 Å². The van der Waals surface area contributed by atoms with E-state index in [2.05, 4.69) is 6.07 Å². The highest BCUT2D eigenvalue weighted by Gasteiger charge is 2.52. The zero-order chi connectivity index (χ0) is 10.8. The summed E-state index contributed by atoms with van der Waals surface area (Å²) in [5, 5.41) is 19.9. The lowest BCUT2D eigenvalue weighted by molar-refractivity contribution is -0.0926. The monoisotopic (exact) mass is 195 g/mol. The van der Waals surface area contributed by atoms with Crippen LogP contribution in [-0.4, -0.2) is 10.7 Å². The van der Waals surface area contributed by atoms with Crippen LogP contribution in [0.3, 0.4) is 0 Å². The van der Waals surface area contributed by atoms with Crippen molar-refractivity contribution < 1.29 is 5.11 Å². The van der Waals surface area contributed by atoms with E-state index in [1.54, 1.807) is 0 Å². The zero-order valence-electron chi connectivity index (χ0n) is 9.51. The van der Waals surface area contributed by atoms with Crippen molar-refractivity contribution in [3.63, 3.8) is 0 Å². The Bertz CT molecular complexity index is 235. The number of nitriles is 1. The van der Waals surface area contributed by atoms with Crippen molar-refractivity contribution >= 4 is 0 Å². The summed E-state index contributed by atoms with van der Waals surface area (Å²) in [6.45, 7) is 6.01. The Morgan fingerprint density at radius 1 is 1.43 bits per heavy atom. The van der Waals surface area contributed by atoms with E-state index in [0.29, 0.717) is 6.42 Å². The number of rotatable bonds is 3. The van der Waals surface area contributed by atoms with Crippen LogP contribution < -0.4 is 0 Å². The minimum atomic E-state index is -0.793. The van der Waals surface area contributed by atoms with Crippen molar-refractivity contribution in [3.8, 4) is 6.07 Å². The van der Waals surface area contributed by atoms with Gasteiger partial charge in [-0.1, -0.05) is 33.6 Å². The van der Waals surface area contributed by atoms with Gasteiger partial charge in [0.2, 0.25) is 0 Å². The average Bonchev–Trinajstić information content (AvgIpc) is 2.66. The van der Waals surface area contributed by atoms with Gasteiger partial charge in [-0.3, -0.25) is 0 Å². The summed E-state index contributed by atoms with van der Waals surface area (Å²) >= 11 is 0. The molecule has 2 heteroatoms. The molecule has 1 rings (SSSR count). The molecule has 0 saturated heterocycles. The molecular formula is C12H21NO. The summed E-state index contributed by atoms with van der Waals surface area (Å²) in [6.07, 6.45) is 4.58. The van der Waals surface area contributed by atoms with Crippen LogP contribution in [0.5, 0.6) is 0 Å². The molecule has 0 spiro atoms. The quantitative estimate of drug-likeness (QED) is 0.752. The number of aliphatic hydroxyl groups is 1. The minimum absolute atomic E-state index is 0.158. The Labute approximate surface area is 86.9 Å². The lowest BCUT2D eigenvalue weighted by atomic mass is 9.65. The van der Waals surface area contributed by atoms with Crippen molar-refractivity contribution in [1.82, 2.24) is 0 Å². The van der Waals surface area contributed by atoms with Gasteiger partial charge in [-0.15, -0.1) is 0 Å². The average molecular weight is 195 g/mol. The van der Waals surface area contributed by atoms with Gasteiger partial charge in [0, 0.05) is 0 Å². The van der Waals surface area contributed by atoms with Crippen molar-refractivity contribution in [1.29, 1.82) is 5.26 Å². The molecule has 0 heterocycles. The standard InChI is InChI=1S/C12H21NO/c1-4-12(14,10(2)3)11(9-13)7-5-6-8-11/h10,14H,4-8H2,1-3H3. The molecule has 0 aromatic carbocycles. The third kappa shape index (κ3) is 1.44. The molecule has 0 radical (unpaired) electrons. The topological polar surface area (TPSA) is 44.0 Å². The van der Waals surface area contributed by atoms with Crippen molar-refractivity contribution in [2.24, 2.45) is 11.3 Å². The van der Waals surface area contributed by atoms with E-state index < -0.39 is 11.0 Å². The van der Waals surface area contributed by atoms with Gasteiger partial charge in [0.15, 0.2) is 0 Å². The molecule has 1 atom stereocenters. The maximum absolute atomic E-state index is 10.6. The van der Waals surface area contributed by atoms with Crippen LogP contribution in [-0.2, 0) is 0 Å². The molecule has 14 heavy (non-hydrogen) atoms. The van der Waals surface area contributed by atoms with E-state index in [9.17, 15) is 10.4 Å². The molecule has 0 aliphatic heterocycles. The maximum atomic E-state index is 10.6. The highest BCUT2D eigenvalue weighted by Crippen LogP contribution is 2.50. The van der Waals surface area contributed by atoms with Crippen LogP contribution in [0.1, 0.15) is 52.9 Å². The first-order valence-electron chi connectivity index (χ1n) is 5.66. The van der Waals surface area contributed by atoms with Gasteiger partial charge in [-0.25, -0.2) is 0 Å². The fourth-order valence-corrected chi connectivity index (χ4v) is 2.92. The lowest BCUT2D eigenvalue weighted by Gasteiger charge is -2.43. The second kappa shape index (κ2) is 3.90. The van der Waals surface area contributed by atoms with Gasteiger partial charge in [-0.05, 0) is 25.2 Å². The Morgan fingerprint density at radius 2 is 1.93 bits per heavy atom. The highest BCUT2D eigenvalue weighted by molar-refractivity contribution is 5.14. The first-order valence-corrected chi connectivity index (χ1v) is 5.66. The van der Waals surface area contributed by atoms with E-state index in [0.717, 1.165) is 25.7 Å². The fourth-order valence-electron chi connectivity index (χ4n) is 2.92. The van der Waals surface area contributed by atoms with E-state index in [1.165, 1.54) is 0 Å². The molecule has 1 saturated carbocycles. The van der Waals surface area contributed by atoms with E-state index >= 15 is 0 Å². The van der Waals surface area contributed by atoms with Crippen LogP contribution >= 0.6 is 0 Å². The zero-order valence-corrected chi connectivity index (χ0v) is 9.51. The van der Waals surface area contributed by atoms with Crippen LogP contribution in [0.15, 0.2) is 0 Å². The first kappa shape index (κ1) is 11.5. The number of hydrogen-bond acceptors (Lipinski definition) is 2. The summed E-state index contributed by atoms with van der Waals surface area (Å²) in [5.41, 5.74) is -1.27. The van der Waals surface area contributed by atoms with Crippen LogP contribution in [0, 0.1) is 22.7 Å². The van der Waals surface area contributed by atoms with Crippen molar-refractivity contribution in [2.75, 3.05) is 0 Å². The Hall–Kier alpha value is -0.550. The summed E-state index contributed by atoms with van der Waals surface area (Å²) < 4.78 is 0. The first-order chi connectivity index (χ1) is 6.52. The van der Waals surface area contributed by atoms with Gasteiger partial charge in [0.05, 0.1) is 17.1 Å². The second-order valence-corrected chi connectivity index (χ2v) is 4.83. The Kier molecular flexibility index (Phi) is 3.21. The third-order valence-corrected chi connectivity index (χ3v) is 3.99. The number of nitrogens with zero attached hydrogens (tertiary/aromatic N) is 1. The smallest absolute Gasteiger partial charge is 0.0862 e. The van der Waals surface area contributed by atoms with E-state index in [4.69, 9.17) is 0 Å².